The zero-order valence-electron chi connectivity index (χ0n) is 17.3. The predicted octanol–water partition coefficient (Wildman–Crippen LogP) is 5.38. The van der Waals surface area contributed by atoms with Gasteiger partial charge in [0.25, 0.3) is 0 Å². The number of hydrogen-bond donors (Lipinski definition) is 1. The molecular weight excluding hydrogens is 396 g/mol. The first-order chi connectivity index (χ1) is 14.7. The minimum Gasteiger partial charge on any atom is -0.494 e. The van der Waals surface area contributed by atoms with E-state index in [1.54, 1.807) is 11.8 Å². The molecule has 1 aliphatic carbocycles. The van der Waals surface area contributed by atoms with Gasteiger partial charge in [0.2, 0.25) is 11.8 Å². The summed E-state index contributed by atoms with van der Waals surface area (Å²) in [6.07, 6.45) is 5.50. The summed E-state index contributed by atoms with van der Waals surface area (Å²) in [5.41, 5.74) is 2.74. The molecule has 2 fully saturated rings. The highest BCUT2D eigenvalue weighted by atomic mass is 32.2. The third-order valence-corrected chi connectivity index (χ3v) is 6.95. The van der Waals surface area contributed by atoms with Crippen LogP contribution in [-0.4, -0.2) is 24.2 Å². The Kier molecular flexibility index (Phi) is 6.62. The number of ether oxygens (including phenoxy) is 1. The Bertz CT molecular complexity index is 876. The van der Waals surface area contributed by atoms with Gasteiger partial charge < -0.3 is 10.1 Å². The standard InChI is InChI=1S/C24H28N2O3S/c1-2-29-21-14-12-20(13-15-21)26-22(27)16-30-24(26)18-8-10-19(11-9-18)25-23(28)17-6-4-3-5-7-17/h8-15,17,24H,2-7,16H2,1H3,(H,25,28). The summed E-state index contributed by atoms with van der Waals surface area (Å²) in [6.45, 7) is 2.57. The lowest BCUT2D eigenvalue weighted by Gasteiger charge is -2.25. The predicted molar refractivity (Wildman–Crippen MR) is 122 cm³/mol. The van der Waals surface area contributed by atoms with Crippen LogP contribution in [0.25, 0.3) is 0 Å². The van der Waals surface area contributed by atoms with Crippen molar-refractivity contribution in [2.45, 2.75) is 44.4 Å². The van der Waals surface area contributed by atoms with E-state index in [9.17, 15) is 9.59 Å². The second-order valence-electron chi connectivity index (χ2n) is 7.80. The molecule has 1 saturated carbocycles. The van der Waals surface area contributed by atoms with Crippen LogP contribution in [0.3, 0.4) is 0 Å². The Morgan fingerprint density at radius 2 is 1.77 bits per heavy atom. The Balaban J connectivity index is 1.45. The highest BCUT2D eigenvalue weighted by Crippen LogP contribution is 2.42. The minimum atomic E-state index is -0.0708. The van der Waals surface area contributed by atoms with Crippen molar-refractivity contribution in [3.05, 3.63) is 54.1 Å². The van der Waals surface area contributed by atoms with Gasteiger partial charge in [-0.15, -0.1) is 11.8 Å². The van der Waals surface area contributed by atoms with Gasteiger partial charge in [-0.25, -0.2) is 0 Å². The molecule has 4 rings (SSSR count). The first-order valence-corrected chi connectivity index (χ1v) is 11.8. The second-order valence-corrected chi connectivity index (χ2v) is 8.87. The molecule has 1 N–H and O–H groups in total. The lowest BCUT2D eigenvalue weighted by Crippen LogP contribution is -2.27. The fourth-order valence-corrected chi connectivity index (χ4v) is 5.34. The van der Waals surface area contributed by atoms with Crippen LogP contribution in [0.1, 0.15) is 50.0 Å². The van der Waals surface area contributed by atoms with E-state index in [1.807, 2.05) is 60.4 Å². The van der Waals surface area contributed by atoms with E-state index < -0.39 is 0 Å². The van der Waals surface area contributed by atoms with Crippen LogP contribution in [-0.2, 0) is 9.59 Å². The molecular formula is C24H28N2O3S. The summed E-state index contributed by atoms with van der Waals surface area (Å²) in [5, 5.41) is 2.99. The Hall–Kier alpha value is -2.47. The molecule has 2 amide bonds. The SMILES string of the molecule is CCOc1ccc(N2C(=O)CSC2c2ccc(NC(=O)C3CCCCC3)cc2)cc1. The van der Waals surface area contributed by atoms with Crippen molar-refractivity contribution in [2.75, 3.05) is 22.6 Å². The van der Waals surface area contributed by atoms with E-state index in [2.05, 4.69) is 5.32 Å². The normalized spacial score (nSPS) is 19.7. The number of carbonyl (C=O) groups is 2. The number of anilines is 2. The highest BCUT2D eigenvalue weighted by Gasteiger charge is 2.34. The Morgan fingerprint density at radius 3 is 2.43 bits per heavy atom. The molecule has 2 aliphatic rings. The number of hydrogen-bond acceptors (Lipinski definition) is 4. The van der Waals surface area contributed by atoms with Crippen LogP contribution in [0, 0.1) is 5.92 Å². The monoisotopic (exact) mass is 424 g/mol. The van der Waals surface area contributed by atoms with Crippen molar-refractivity contribution >= 4 is 35.0 Å². The van der Waals surface area contributed by atoms with E-state index in [0.29, 0.717) is 12.4 Å². The molecule has 1 saturated heterocycles. The average molecular weight is 425 g/mol. The fraction of sp³-hybridized carbons (Fsp3) is 0.417. The van der Waals surface area contributed by atoms with Crippen molar-refractivity contribution < 1.29 is 14.3 Å². The van der Waals surface area contributed by atoms with Crippen molar-refractivity contribution in [1.29, 1.82) is 0 Å². The van der Waals surface area contributed by atoms with Crippen molar-refractivity contribution in [1.82, 2.24) is 0 Å². The maximum atomic E-state index is 12.6. The topological polar surface area (TPSA) is 58.6 Å². The molecule has 2 aromatic carbocycles. The van der Waals surface area contributed by atoms with Gasteiger partial charge in [0.15, 0.2) is 0 Å². The molecule has 0 spiro atoms. The zero-order valence-corrected chi connectivity index (χ0v) is 18.1. The Morgan fingerprint density at radius 1 is 1.07 bits per heavy atom. The summed E-state index contributed by atoms with van der Waals surface area (Å²) in [5.74, 6) is 1.62. The third-order valence-electron chi connectivity index (χ3n) is 5.73. The first kappa shape index (κ1) is 20.8. The van der Waals surface area contributed by atoms with Gasteiger partial charge in [0, 0.05) is 17.3 Å². The van der Waals surface area contributed by atoms with Gasteiger partial charge in [-0.3, -0.25) is 14.5 Å². The number of nitrogens with zero attached hydrogens (tertiary/aromatic N) is 1. The van der Waals surface area contributed by atoms with E-state index in [4.69, 9.17) is 4.74 Å². The van der Waals surface area contributed by atoms with E-state index >= 15 is 0 Å². The van der Waals surface area contributed by atoms with Crippen molar-refractivity contribution in [3.63, 3.8) is 0 Å². The number of rotatable bonds is 6. The number of thioether (sulfide) groups is 1. The van der Waals surface area contributed by atoms with Gasteiger partial charge in [0.1, 0.15) is 11.1 Å². The summed E-state index contributed by atoms with van der Waals surface area (Å²) in [6, 6.07) is 15.6. The number of carbonyl (C=O) groups excluding carboxylic acids is 2. The minimum absolute atomic E-state index is 0.0708. The van der Waals surface area contributed by atoms with Gasteiger partial charge in [0.05, 0.1) is 12.4 Å². The van der Waals surface area contributed by atoms with Crippen molar-refractivity contribution in [3.8, 4) is 5.75 Å². The fourth-order valence-electron chi connectivity index (χ4n) is 4.16. The molecule has 6 heteroatoms. The largest absolute Gasteiger partial charge is 0.494 e. The lowest BCUT2D eigenvalue weighted by atomic mass is 9.88. The average Bonchev–Trinajstić information content (AvgIpc) is 3.17. The second kappa shape index (κ2) is 9.56. The molecule has 0 bridgehead atoms. The van der Waals surface area contributed by atoms with Crippen LogP contribution in [0.2, 0.25) is 0 Å². The molecule has 1 unspecified atom stereocenters. The molecule has 158 valence electrons. The van der Waals surface area contributed by atoms with E-state index in [1.165, 1.54) is 6.42 Å². The van der Waals surface area contributed by atoms with Crippen LogP contribution in [0.15, 0.2) is 48.5 Å². The Labute approximate surface area is 182 Å². The van der Waals surface area contributed by atoms with Crippen LogP contribution < -0.4 is 15.0 Å². The van der Waals surface area contributed by atoms with Gasteiger partial charge in [-0.1, -0.05) is 31.4 Å². The summed E-state index contributed by atoms with van der Waals surface area (Å²) < 4.78 is 5.51. The molecule has 0 aromatic heterocycles. The number of nitrogens with one attached hydrogen (secondary N) is 1. The van der Waals surface area contributed by atoms with Crippen LogP contribution in [0.5, 0.6) is 5.75 Å². The van der Waals surface area contributed by atoms with E-state index in [0.717, 1.165) is 48.4 Å². The summed E-state index contributed by atoms with van der Waals surface area (Å²) in [4.78, 5) is 26.9. The van der Waals surface area contributed by atoms with Gasteiger partial charge in [-0.2, -0.15) is 0 Å². The molecule has 1 atom stereocenters. The molecule has 1 aliphatic heterocycles. The highest BCUT2D eigenvalue weighted by molar-refractivity contribution is 8.00. The molecule has 0 radical (unpaired) electrons. The third kappa shape index (κ3) is 4.64. The van der Waals surface area contributed by atoms with Crippen LogP contribution >= 0.6 is 11.8 Å². The zero-order chi connectivity index (χ0) is 20.9. The lowest BCUT2D eigenvalue weighted by molar-refractivity contribution is -0.120. The molecule has 30 heavy (non-hydrogen) atoms. The maximum Gasteiger partial charge on any atom is 0.238 e. The van der Waals surface area contributed by atoms with Crippen molar-refractivity contribution in [2.24, 2.45) is 5.92 Å². The van der Waals surface area contributed by atoms with Gasteiger partial charge >= 0.3 is 0 Å². The van der Waals surface area contributed by atoms with E-state index in [-0.39, 0.29) is 23.1 Å². The van der Waals surface area contributed by atoms with Crippen LogP contribution in [0.4, 0.5) is 11.4 Å². The smallest absolute Gasteiger partial charge is 0.238 e. The number of amides is 2. The molecule has 2 aromatic rings. The number of benzene rings is 2. The molecule has 5 nitrogen and oxygen atoms in total. The molecule has 1 heterocycles. The summed E-state index contributed by atoms with van der Waals surface area (Å²) in [7, 11) is 0. The summed E-state index contributed by atoms with van der Waals surface area (Å²) >= 11 is 1.62. The first-order valence-electron chi connectivity index (χ1n) is 10.7. The van der Waals surface area contributed by atoms with Gasteiger partial charge in [-0.05, 0) is 61.7 Å². The quantitative estimate of drug-likeness (QED) is 0.676. The maximum absolute atomic E-state index is 12.6.